The number of nitrogens with zero attached hydrogens (tertiary/aromatic N) is 1. The highest BCUT2D eigenvalue weighted by Gasteiger charge is 2.29. The molecular weight excluding hydrogens is 184 g/mol. The maximum Gasteiger partial charge on any atom is 0.0166 e. The fraction of sp³-hybridized carbons (Fsp3) is 1.00. The third-order valence-corrected chi connectivity index (χ3v) is 4.02. The van der Waals surface area contributed by atoms with E-state index in [0.717, 1.165) is 6.54 Å². The van der Waals surface area contributed by atoms with Crippen LogP contribution in [-0.2, 0) is 0 Å². The van der Waals surface area contributed by atoms with Gasteiger partial charge in [0.25, 0.3) is 0 Å². The van der Waals surface area contributed by atoms with Gasteiger partial charge in [0, 0.05) is 11.6 Å². The number of nitrogens with two attached hydrogens (primary N) is 1. The number of hydrogen-bond acceptors (Lipinski definition) is 2. The average molecular weight is 212 g/mol. The molecule has 1 aliphatic rings. The Labute approximate surface area is 95.2 Å². The van der Waals surface area contributed by atoms with E-state index >= 15 is 0 Å². The SMILES string of the molecule is CCCC(C)N(C)CCC1(N)CCCC1. The zero-order chi connectivity index (χ0) is 11.3. The Morgan fingerprint density at radius 3 is 2.47 bits per heavy atom. The van der Waals surface area contributed by atoms with E-state index in [9.17, 15) is 0 Å². The summed E-state index contributed by atoms with van der Waals surface area (Å²) in [6, 6.07) is 0.708. The van der Waals surface area contributed by atoms with E-state index in [2.05, 4.69) is 25.8 Å². The summed E-state index contributed by atoms with van der Waals surface area (Å²) in [6.45, 7) is 5.74. The predicted molar refractivity (Wildman–Crippen MR) is 67.0 cm³/mol. The van der Waals surface area contributed by atoms with Crippen molar-refractivity contribution in [2.24, 2.45) is 5.73 Å². The molecule has 1 aliphatic carbocycles. The van der Waals surface area contributed by atoms with Crippen molar-refractivity contribution in [3.05, 3.63) is 0 Å². The van der Waals surface area contributed by atoms with Gasteiger partial charge in [0.1, 0.15) is 0 Å². The lowest BCUT2D eigenvalue weighted by Crippen LogP contribution is -2.41. The van der Waals surface area contributed by atoms with Gasteiger partial charge in [-0.1, -0.05) is 26.2 Å². The van der Waals surface area contributed by atoms with Crippen LogP contribution < -0.4 is 5.73 Å². The summed E-state index contributed by atoms with van der Waals surface area (Å²) in [4.78, 5) is 2.47. The number of rotatable bonds is 6. The maximum absolute atomic E-state index is 6.35. The molecule has 0 saturated heterocycles. The van der Waals surface area contributed by atoms with Crippen molar-refractivity contribution >= 4 is 0 Å². The van der Waals surface area contributed by atoms with Gasteiger partial charge < -0.3 is 10.6 Å². The molecule has 0 spiro atoms. The average Bonchev–Trinajstić information content (AvgIpc) is 2.63. The molecule has 0 heterocycles. The van der Waals surface area contributed by atoms with Crippen molar-refractivity contribution in [1.29, 1.82) is 0 Å². The van der Waals surface area contributed by atoms with Crippen LogP contribution in [0.2, 0.25) is 0 Å². The first kappa shape index (κ1) is 13.0. The lowest BCUT2D eigenvalue weighted by Gasteiger charge is -2.30. The Bertz CT molecular complexity index is 173. The molecule has 0 radical (unpaired) electrons. The maximum atomic E-state index is 6.35. The van der Waals surface area contributed by atoms with Gasteiger partial charge in [0.15, 0.2) is 0 Å². The van der Waals surface area contributed by atoms with Gasteiger partial charge in [-0.2, -0.15) is 0 Å². The van der Waals surface area contributed by atoms with Crippen LogP contribution in [0.1, 0.15) is 58.8 Å². The summed E-state index contributed by atoms with van der Waals surface area (Å²) >= 11 is 0. The van der Waals surface area contributed by atoms with Gasteiger partial charge >= 0.3 is 0 Å². The highest BCUT2D eigenvalue weighted by Crippen LogP contribution is 2.30. The fourth-order valence-corrected chi connectivity index (χ4v) is 2.59. The molecule has 2 nitrogen and oxygen atoms in total. The molecule has 1 unspecified atom stereocenters. The van der Waals surface area contributed by atoms with E-state index < -0.39 is 0 Å². The number of hydrogen-bond donors (Lipinski definition) is 1. The second kappa shape index (κ2) is 5.86. The van der Waals surface area contributed by atoms with E-state index in [1.165, 1.54) is 44.9 Å². The van der Waals surface area contributed by atoms with Crippen LogP contribution in [0.3, 0.4) is 0 Å². The second-order valence-electron chi connectivity index (χ2n) is 5.44. The monoisotopic (exact) mass is 212 g/mol. The molecule has 90 valence electrons. The van der Waals surface area contributed by atoms with E-state index in [0.29, 0.717) is 6.04 Å². The molecule has 0 bridgehead atoms. The minimum atomic E-state index is 0.167. The molecule has 0 amide bonds. The standard InChI is InChI=1S/C13H28N2/c1-4-7-12(2)15(3)11-10-13(14)8-5-6-9-13/h12H,4-11,14H2,1-3H3. The quantitative estimate of drug-likeness (QED) is 0.733. The van der Waals surface area contributed by atoms with Crippen molar-refractivity contribution in [3.8, 4) is 0 Å². The van der Waals surface area contributed by atoms with E-state index in [1.807, 2.05) is 0 Å². The molecule has 0 aromatic heterocycles. The van der Waals surface area contributed by atoms with Crippen LogP contribution in [0.4, 0.5) is 0 Å². The summed E-state index contributed by atoms with van der Waals surface area (Å²) in [7, 11) is 2.23. The first-order valence-electron chi connectivity index (χ1n) is 6.56. The van der Waals surface area contributed by atoms with Crippen molar-refractivity contribution < 1.29 is 0 Å². The van der Waals surface area contributed by atoms with Gasteiger partial charge in [0.05, 0.1) is 0 Å². The van der Waals surface area contributed by atoms with Crippen molar-refractivity contribution in [3.63, 3.8) is 0 Å². The zero-order valence-corrected chi connectivity index (χ0v) is 10.8. The topological polar surface area (TPSA) is 29.3 Å². The smallest absolute Gasteiger partial charge is 0.0166 e. The van der Waals surface area contributed by atoms with Gasteiger partial charge in [0.2, 0.25) is 0 Å². The lowest BCUT2D eigenvalue weighted by atomic mass is 9.94. The molecule has 1 saturated carbocycles. The van der Waals surface area contributed by atoms with Gasteiger partial charge in [-0.15, -0.1) is 0 Å². The Kier molecular flexibility index (Phi) is 5.07. The summed E-state index contributed by atoms with van der Waals surface area (Å²) in [6.07, 6.45) is 8.91. The van der Waals surface area contributed by atoms with Crippen molar-refractivity contribution in [2.45, 2.75) is 70.4 Å². The van der Waals surface area contributed by atoms with E-state index in [4.69, 9.17) is 5.73 Å². The molecule has 0 aromatic rings. The second-order valence-corrected chi connectivity index (χ2v) is 5.44. The molecular formula is C13H28N2. The highest BCUT2D eigenvalue weighted by molar-refractivity contribution is 4.89. The van der Waals surface area contributed by atoms with Crippen LogP contribution >= 0.6 is 0 Å². The van der Waals surface area contributed by atoms with Crippen molar-refractivity contribution in [1.82, 2.24) is 4.90 Å². The Hall–Kier alpha value is -0.0800. The van der Waals surface area contributed by atoms with E-state index in [1.54, 1.807) is 0 Å². The summed E-state index contributed by atoms with van der Waals surface area (Å²) in [5.74, 6) is 0. The molecule has 0 aromatic carbocycles. The molecule has 0 aliphatic heterocycles. The van der Waals surface area contributed by atoms with Crippen LogP contribution in [0.15, 0.2) is 0 Å². The van der Waals surface area contributed by atoms with Crippen LogP contribution in [0.5, 0.6) is 0 Å². The van der Waals surface area contributed by atoms with Crippen molar-refractivity contribution in [2.75, 3.05) is 13.6 Å². The Morgan fingerprint density at radius 2 is 1.93 bits per heavy atom. The molecule has 2 N–H and O–H groups in total. The van der Waals surface area contributed by atoms with Crippen LogP contribution in [0.25, 0.3) is 0 Å². The minimum absolute atomic E-state index is 0.167. The molecule has 1 rings (SSSR count). The van der Waals surface area contributed by atoms with E-state index in [-0.39, 0.29) is 5.54 Å². The first-order valence-corrected chi connectivity index (χ1v) is 6.56. The Balaban J connectivity index is 2.23. The Morgan fingerprint density at radius 1 is 1.33 bits per heavy atom. The molecule has 2 heteroatoms. The summed E-state index contributed by atoms with van der Waals surface area (Å²) in [5.41, 5.74) is 6.52. The highest BCUT2D eigenvalue weighted by atomic mass is 15.1. The minimum Gasteiger partial charge on any atom is -0.325 e. The van der Waals surface area contributed by atoms with Crippen LogP contribution in [0, 0.1) is 0 Å². The van der Waals surface area contributed by atoms with Gasteiger partial charge in [-0.3, -0.25) is 0 Å². The predicted octanol–water partition coefficient (Wildman–Crippen LogP) is 2.77. The molecule has 15 heavy (non-hydrogen) atoms. The molecule has 1 atom stereocenters. The van der Waals surface area contributed by atoms with Gasteiger partial charge in [-0.05, 0) is 46.2 Å². The van der Waals surface area contributed by atoms with Gasteiger partial charge in [-0.25, -0.2) is 0 Å². The van der Waals surface area contributed by atoms with Crippen LogP contribution in [-0.4, -0.2) is 30.1 Å². The largest absolute Gasteiger partial charge is 0.325 e. The zero-order valence-electron chi connectivity index (χ0n) is 10.8. The summed E-state index contributed by atoms with van der Waals surface area (Å²) in [5, 5.41) is 0. The molecule has 1 fully saturated rings. The summed E-state index contributed by atoms with van der Waals surface area (Å²) < 4.78 is 0. The third-order valence-electron chi connectivity index (χ3n) is 4.02. The normalized spacial score (nSPS) is 22.2. The lowest BCUT2D eigenvalue weighted by molar-refractivity contribution is 0.217. The first-order chi connectivity index (χ1) is 7.07. The third kappa shape index (κ3) is 4.12. The fourth-order valence-electron chi connectivity index (χ4n) is 2.59.